The summed E-state index contributed by atoms with van der Waals surface area (Å²) in [5, 5.41) is 0. The van der Waals surface area contributed by atoms with Gasteiger partial charge in [0.05, 0.1) is 0 Å². The maximum Gasteiger partial charge on any atom is 0.462 e. The van der Waals surface area contributed by atoms with Gasteiger partial charge in [0.1, 0.15) is 0 Å². The summed E-state index contributed by atoms with van der Waals surface area (Å²) in [6.07, 6.45) is -49.8. The Morgan fingerprint density at radius 3 is 0.605 bits per heavy atom. The van der Waals surface area contributed by atoms with E-state index in [4.69, 9.17) is 0 Å². The topological polar surface area (TPSA) is 18.5 Å². The van der Waals surface area contributed by atoms with Crippen LogP contribution >= 0.6 is 0 Å². The third kappa shape index (κ3) is 5.76. The van der Waals surface area contributed by atoms with E-state index < -0.39 is 78.2 Å². The smallest absolute Gasteiger partial charge is 0.243 e. The van der Waals surface area contributed by atoms with Crippen LogP contribution in [0.4, 0.5) is 123 Å². The first-order valence-electron chi connectivity index (χ1n) is 8.61. The summed E-state index contributed by atoms with van der Waals surface area (Å²) in [6, 6.07) is 0. The Labute approximate surface area is 212 Å². The number of hydrogen-bond donors (Lipinski definition) is 0. The highest BCUT2D eigenvalue weighted by atomic mass is 19.4. The van der Waals surface area contributed by atoms with Gasteiger partial charge in [0.25, 0.3) is 0 Å². The minimum absolute atomic E-state index is 0.775. The number of halogens is 28. The molecule has 0 heterocycles. The summed E-state index contributed by atoms with van der Waals surface area (Å²) in [6.45, 7) is 0. The van der Waals surface area contributed by atoms with Crippen molar-refractivity contribution in [2.24, 2.45) is 0 Å². The molecule has 0 aliphatic carbocycles. The van der Waals surface area contributed by atoms with Crippen molar-refractivity contribution in [3.05, 3.63) is 0 Å². The summed E-state index contributed by atoms with van der Waals surface area (Å²) < 4.78 is 360. The third-order valence-corrected chi connectivity index (χ3v) is 4.27. The average molecular weight is 720 g/mol. The highest BCUT2D eigenvalue weighted by Crippen LogP contribution is 2.64. The molecule has 0 N–H and O–H groups in total. The molecule has 0 unspecified atom stereocenters. The van der Waals surface area contributed by atoms with Gasteiger partial charge in [0.2, 0.25) is 0 Å². The lowest BCUT2D eigenvalue weighted by atomic mass is 9.90. The fourth-order valence-corrected chi connectivity index (χ4v) is 1.88. The molecule has 0 aromatic rings. The fraction of sp³-hybridized carbons (Fsp3) is 1.00. The first kappa shape index (κ1) is 41.0. The lowest BCUT2D eigenvalue weighted by Crippen LogP contribution is -2.75. The summed E-state index contributed by atoms with van der Waals surface area (Å²) in [7, 11) is 0. The molecule has 0 rings (SSSR count). The molecule has 43 heavy (non-hydrogen) atoms. The summed E-state index contributed by atoms with van der Waals surface area (Å²) in [5.41, 5.74) is 0. The zero-order chi connectivity index (χ0) is 35.9. The fourth-order valence-electron chi connectivity index (χ4n) is 1.88. The highest BCUT2D eigenvalue weighted by molar-refractivity contribution is 5.14. The largest absolute Gasteiger partial charge is 0.462 e. The van der Waals surface area contributed by atoms with Crippen molar-refractivity contribution < 1.29 is 132 Å². The van der Waals surface area contributed by atoms with Crippen LogP contribution in [0, 0.1) is 0 Å². The molecular weight excluding hydrogens is 720 g/mol. The van der Waals surface area contributed by atoms with E-state index in [0.29, 0.717) is 0 Å². The van der Waals surface area contributed by atoms with Crippen LogP contribution in [0.15, 0.2) is 0 Å². The molecule has 2 nitrogen and oxygen atoms in total. The Kier molecular flexibility index (Phi) is 9.51. The quantitative estimate of drug-likeness (QED) is 0.188. The van der Waals surface area contributed by atoms with Gasteiger partial charge in [-0.05, 0) is 0 Å². The van der Waals surface area contributed by atoms with Crippen molar-refractivity contribution in [3.63, 3.8) is 0 Å². The van der Waals surface area contributed by atoms with E-state index in [-0.39, 0.29) is 0 Å². The van der Waals surface area contributed by atoms with Crippen LogP contribution in [0.3, 0.4) is 0 Å². The second-order valence-electron chi connectivity index (χ2n) is 7.29. The Hall–Kier alpha value is -2.04. The van der Waals surface area contributed by atoms with Gasteiger partial charge in [-0.15, -0.1) is 0 Å². The Bertz CT molecular complexity index is 997. The molecule has 260 valence electrons. The van der Waals surface area contributed by atoms with Gasteiger partial charge in [-0.2, -0.15) is 123 Å². The zero-order valence-electron chi connectivity index (χ0n) is 17.9. The van der Waals surface area contributed by atoms with Crippen molar-refractivity contribution in [2.75, 3.05) is 0 Å². The molecule has 0 aliphatic rings. The highest BCUT2D eigenvalue weighted by Gasteiger charge is 2.96. The lowest BCUT2D eigenvalue weighted by Gasteiger charge is -2.43. The average Bonchev–Trinajstić information content (AvgIpc) is 2.69. The van der Waals surface area contributed by atoms with Crippen LogP contribution in [-0.2, 0) is 9.47 Å². The van der Waals surface area contributed by atoms with Crippen LogP contribution in [0.25, 0.3) is 0 Å². The van der Waals surface area contributed by atoms with E-state index >= 15 is 0 Å². The van der Waals surface area contributed by atoms with E-state index in [2.05, 4.69) is 0 Å². The van der Waals surface area contributed by atoms with Crippen molar-refractivity contribution in [3.8, 4) is 0 Å². The summed E-state index contributed by atoms with van der Waals surface area (Å²) >= 11 is 0. The zero-order valence-corrected chi connectivity index (χ0v) is 17.9. The maximum absolute atomic E-state index is 13.4. The molecule has 0 aliphatic heterocycles. The van der Waals surface area contributed by atoms with Gasteiger partial charge in [0, 0.05) is 0 Å². The standard InChI is InChI=1S/C13F28O2/c14-1(15,3(18,19)5(22,23)8(28,29)30)2(16,17)4(20,21)6(24,25)10(34,35)42-12(38,39)13(40,41)43-11(36,37)7(26,27)9(31,32)33. The number of rotatable bonds is 12. The van der Waals surface area contributed by atoms with E-state index in [9.17, 15) is 123 Å². The predicted molar refractivity (Wildman–Crippen MR) is 68.7 cm³/mol. The van der Waals surface area contributed by atoms with Crippen molar-refractivity contribution >= 4 is 0 Å². The predicted octanol–water partition coefficient (Wildman–Crippen LogP) is 8.96. The molecule has 0 bridgehead atoms. The minimum atomic E-state index is -9.45. The van der Waals surface area contributed by atoms with Crippen LogP contribution in [-0.4, -0.2) is 78.2 Å². The first-order chi connectivity index (χ1) is 17.9. The second-order valence-corrected chi connectivity index (χ2v) is 7.29. The third-order valence-electron chi connectivity index (χ3n) is 4.27. The molecule has 0 aromatic carbocycles. The van der Waals surface area contributed by atoms with Crippen molar-refractivity contribution in [1.29, 1.82) is 0 Å². The molecule has 0 aromatic heterocycles. The molecule has 0 atom stereocenters. The normalized spacial score (nSPS) is 17.0. The second kappa shape index (κ2) is 9.98. The van der Waals surface area contributed by atoms with E-state index in [1.807, 2.05) is 0 Å². The van der Waals surface area contributed by atoms with Gasteiger partial charge in [-0.3, -0.25) is 0 Å². The molecule has 0 saturated carbocycles. The van der Waals surface area contributed by atoms with E-state index in [1.165, 1.54) is 0 Å². The van der Waals surface area contributed by atoms with Gasteiger partial charge >= 0.3 is 78.2 Å². The van der Waals surface area contributed by atoms with Gasteiger partial charge in [-0.25, -0.2) is 9.47 Å². The number of alkyl halides is 28. The molecule has 0 saturated heterocycles. The number of hydrogen-bond acceptors (Lipinski definition) is 2. The van der Waals surface area contributed by atoms with Crippen molar-refractivity contribution in [2.45, 2.75) is 78.2 Å². The minimum Gasteiger partial charge on any atom is -0.243 e. The molecular formula is C13F28O2. The summed E-state index contributed by atoms with van der Waals surface area (Å²) in [5.74, 6) is -63.3. The molecule has 30 heteroatoms. The lowest BCUT2D eigenvalue weighted by molar-refractivity contribution is -0.559. The SMILES string of the molecule is FC(F)(F)C(F)(F)C(F)(F)OC(F)(F)C(F)(F)OC(F)(F)C(F)(F)C(F)(F)C(F)(F)C(F)(F)C(F)(F)C(F)(F)C(F)(F)F. The molecule has 0 spiro atoms. The van der Waals surface area contributed by atoms with Crippen LogP contribution in [0.1, 0.15) is 0 Å². The van der Waals surface area contributed by atoms with Crippen LogP contribution in [0.5, 0.6) is 0 Å². The Balaban J connectivity index is 6.85. The Morgan fingerprint density at radius 1 is 0.186 bits per heavy atom. The van der Waals surface area contributed by atoms with E-state index in [0.717, 1.165) is 9.47 Å². The maximum atomic E-state index is 13.4. The van der Waals surface area contributed by atoms with Crippen molar-refractivity contribution in [1.82, 2.24) is 0 Å². The summed E-state index contributed by atoms with van der Waals surface area (Å²) in [4.78, 5) is 0. The Morgan fingerprint density at radius 2 is 0.372 bits per heavy atom. The molecule has 0 amide bonds. The molecule has 0 radical (unpaired) electrons. The van der Waals surface area contributed by atoms with E-state index in [1.54, 1.807) is 0 Å². The monoisotopic (exact) mass is 720 g/mol. The van der Waals surface area contributed by atoms with Crippen LogP contribution < -0.4 is 0 Å². The van der Waals surface area contributed by atoms with Gasteiger partial charge in [0.15, 0.2) is 0 Å². The van der Waals surface area contributed by atoms with Gasteiger partial charge in [-0.1, -0.05) is 0 Å². The molecule has 0 fully saturated rings. The van der Waals surface area contributed by atoms with Crippen LogP contribution in [0.2, 0.25) is 0 Å². The van der Waals surface area contributed by atoms with Gasteiger partial charge < -0.3 is 0 Å². The first-order valence-corrected chi connectivity index (χ1v) is 8.61. The number of ether oxygens (including phenoxy) is 2.